The van der Waals surface area contributed by atoms with Gasteiger partial charge < -0.3 is 9.84 Å². The SMILES string of the molecule is CCC(CC)(CO)c1ccccc1-c1ncc(C2=NC(C)(C)CO2)cc1Br. The fraction of sp³-hybridized carbons (Fsp3) is 0.455. The van der Waals surface area contributed by atoms with E-state index in [0.717, 1.165) is 39.7 Å². The second-order valence-electron chi connectivity index (χ2n) is 7.76. The summed E-state index contributed by atoms with van der Waals surface area (Å²) in [5.41, 5.74) is 3.45. The van der Waals surface area contributed by atoms with E-state index in [1.807, 2.05) is 24.4 Å². The molecule has 4 nitrogen and oxygen atoms in total. The maximum atomic E-state index is 10.1. The lowest BCUT2D eigenvalue weighted by molar-refractivity contribution is 0.183. The molecule has 2 heterocycles. The van der Waals surface area contributed by atoms with Gasteiger partial charge in [0.05, 0.1) is 23.4 Å². The number of pyridine rings is 1. The molecule has 144 valence electrons. The number of hydrogen-bond acceptors (Lipinski definition) is 4. The van der Waals surface area contributed by atoms with E-state index in [4.69, 9.17) is 9.72 Å². The molecular weight excluding hydrogens is 404 g/mol. The van der Waals surface area contributed by atoms with Crippen molar-refractivity contribution in [1.29, 1.82) is 0 Å². The monoisotopic (exact) mass is 430 g/mol. The largest absolute Gasteiger partial charge is 0.475 e. The zero-order chi connectivity index (χ0) is 19.7. The summed E-state index contributed by atoms with van der Waals surface area (Å²) in [5, 5.41) is 10.1. The van der Waals surface area contributed by atoms with E-state index < -0.39 is 0 Å². The molecule has 1 N–H and O–H groups in total. The van der Waals surface area contributed by atoms with Crippen LogP contribution in [0.2, 0.25) is 0 Å². The molecule has 3 rings (SSSR count). The summed E-state index contributed by atoms with van der Waals surface area (Å²) in [6.45, 7) is 9.05. The van der Waals surface area contributed by atoms with Crippen molar-refractivity contribution in [2.24, 2.45) is 4.99 Å². The predicted molar refractivity (Wildman–Crippen MR) is 113 cm³/mol. The van der Waals surface area contributed by atoms with Gasteiger partial charge >= 0.3 is 0 Å². The van der Waals surface area contributed by atoms with Crippen LogP contribution in [0.5, 0.6) is 0 Å². The minimum absolute atomic E-state index is 0.118. The standard InChI is InChI=1S/C22H27BrN2O2/c1-5-22(6-2,13-26)17-10-8-7-9-16(17)19-18(23)11-15(12-24-19)20-25-21(3,4)14-27-20/h7-12,26H,5-6,13-14H2,1-4H3. The lowest BCUT2D eigenvalue weighted by Gasteiger charge is -2.32. The summed E-state index contributed by atoms with van der Waals surface area (Å²) >= 11 is 3.69. The Hall–Kier alpha value is -1.72. The van der Waals surface area contributed by atoms with Gasteiger partial charge in [-0.25, -0.2) is 4.99 Å². The molecule has 0 atom stereocenters. The number of hydrogen-bond donors (Lipinski definition) is 1. The summed E-state index contributed by atoms with van der Waals surface area (Å²) in [4.78, 5) is 9.36. The van der Waals surface area contributed by atoms with Crippen LogP contribution < -0.4 is 0 Å². The van der Waals surface area contributed by atoms with Gasteiger partial charge in [-0.05, 0) is 54.2 Å². The molecule has 1 aromatic carbocycles. The minimum atomic E-state index is -0.265. The molecule has 0 bridgehead atoms. The molecule has 0 spiro atoms. The van der Waals surface area contributed by atoms with Crippen molar-refractivity contribution < 1.29 is 9.84 Å². The molecule has 0 amide bonds. The van der Waals surface area contributed by atoms with Crippen LogP contribution >= 0.6 is 15.9 Å². The normalized spacial score (nSPS) is 16.1. The van der Waals surface area contributed by atoms with Gasteiger partial charge in [-0.1, -0.05) is 38.1 Å². The van der Waals surface area contributed by atoms with Gasteiger partial charge in [0.15, 0.2) is 0 Å². The number of aliphatic imine (C=N–C) groups is 1. The van der Waals surface area contributed by atoms with Crippen LogP contribution in [0.3, 0.4) is 0 Å². The van der Waals surface area contributed by atoms with Gasteiger partial charge in [0.25, 0.3) is 0 Å². The Morgan fingerprint density at radius 2 is 1.93 bits per heavy atom. The summed E-state index contributed by atoms with van der Waals surface area (Å²) in [7, 11) is 0. The molecule has 1 aromatic heterocycles. The van der Waals surface area contributed by atoms with Crippen LogP contribution in [0.1, 0.15) is 51.7 Å². The number of aliphatic hydroxyl groups excluding tert-OH is 1. The second kappa shape index (κ2) is 7.72. The third-order valence-corrected chi connectivity index (χ3v) is 6.07. The third-order valence-electron chi connectivity index (χ3n) is 5.46. The van der Waals surface area contributed by atoms with Crippen molar-refractivity contribution in [1.82, 2.24) is 4.98 Å². The van der Waals surface area contributed by atoms with Crippen LogP contribution in [0, 0.1) is 0 Å². The number of aromatic nitrogens is 1. The fourth-order valence-electron chi connectivity index (χ4n) is 3.58. The fourth-order valence-corrected chi connectivity index (χ4v) is 4.14. The Bertz CT molecular complexity index is 849. The number of ether oxygens (including phenoxy) is 1. The number of benzene rings is 1. The summed E-state index contributed by atoms with van der Waals surface area (Å²) in [6.07, 6.45) is 3.55. The van der Waals surface area contributed by atoms with E-state index in [-0.39, 0.29) is 17.6 Å². The number of rotatable bonds is 6. The van der Waals surface area contributed by atoms with Gasteiger partial charge in [-0.15, -0.1) is 0 Å². The van der Waals surface area contributed by atoms with Crippen LogP contribution in [-0.2, 0) is 10.2 Å². The van der Waals surface area contributed by atoms with Crippen molar-refractivity contribution in [3.63, 3.8) is 0 Å². The molecule has 27 heavy (non-hydrogen) atoms. The Labute approximate surface area is 169 Å². The van der Waals surface area contributed by atoms with Crippen LogP contribution in [0.15, 0.2) is 46.0 Å². The van der Waals surface area contributed by atoms with Crippen LogP contribution in [0.4, 0.5) is 0 Å². The molecule has 0 aliphatic carbocycles. The maximum Gasteiger partial charge on any atom is 0.218 e. The van der Waals surface area contributed by atoms with E-state index in [9.17, 15) is 5.11 Å². The summed E-state index contributed by atoms with van der Waals surface area (Å²) < 4.78 is 6.63. The van der Waals surface area contributed by atoms with Crippen molar-refractivity contribution in [2.45, 2.75) is 51.5 Å². The predicted octanol–water partition coefficient (Wildman–Crippen LogP) is 5.12. The van der Waals surface area contributed by atoms with Gasteiger partial charge in [0.1, 0.15) is 6.61 Å². The highest BCUT2D eigenvalue weighted by Crippen LogP contribution is 2.39. The molecule has 0 fully saturated rings. The molecule has 0 unspecified atom stereocenters. The highest BCUT2D eigenvalue weighted by molar-refractivity contribution is 9.10. The first kappa shape index (κ1) is 20.0. The molecule has 5 heteroatoms. The lowest BCUT2D eigenvalue weighted by atomic mass is 9.74. The zero-order valence-corrected chi connectivity index (χ0v) is 18.0. The van der Waals surface area contributed by atoms with E-state index >= 15 is 0 Å². The van der Waals surface area contributed by atoms with E-state index in [1.165, 1.54) is 0 Å². The highest BCUT2D eigenvalue weighted by Gasteiger charge is 2.31. The topological polar surface area (TPSA) is 54.7 Å². The molecular formula is C22H27BrN2O2. The first-order valence-corrected chi connectivity index (χ1v) is 10.2. The number of nitrogens with zero attached hydrogens (tertiary/aromatic N) is 2. The molecule has 1 aliphatic rings. The smallest absolute Gasteiger partial charge is 0.218 e. The Balaban J connectivity index is 2.06. The zero-order valence-electron chi connectivity index (χ0n) is 16.4. The number of halogens is 1. The lowest BCUT2D eigenvalue weighted by Crippen LogP contribution is -2.29. The quantitative estimate of drug-likeness (QED) is 0.691. The van der Waals surface area contributed by atoms with E-state index in [0.29, 0.717) is 12.5 Å². The van der Waals surface area contributed by atoms with Crippen molar-refractivity contribution in [3.8, 4) is 11.3 Å². The van der Waals surface area contributed by atoms with Crippen molar-refractivity contribution in [2.75, 3.05) is 13.2 Å². The molecule has 0 radical (unpaired) electrons. The van der Waals surface area contributed by atoms with E-state index in [1.54, 1.807) is 0 Å². The van der Waals surface area contributed by atoms with Crippen LogP contribution in [0.25, 0.3) is 11.3 Å². The molecule has 0 saturated carbocycles. The molecule has 0 saturated heterocycles. The molecule has 2 aromatic rings. The molecule has 1 aliphatic heterocycles. The summed E-state index contributed by atoms with van der Waals surface area (Å²) in [5.74, 6) is 0.639. The van der Waals surface area contributed by atoms with Gasteiger partial charge in [-0.3, -0.25) is 4.98 Å². The average Bonchev–Trinajstić information content (AvgIpc) is 3.04. The first-order chi connectivity index (χ1) is 12.9. The highest BCUT2D eigenvalue weighted by atomic mass is 79.9. The van der Waals surface area contributed by atoms with Gasteiger partial charge in [0.2, 0.25) is 5.90 Å². The van der Waals surface area contributed by atoms with Crippen molar-refractivity contribution >= 4 is 21.8 Å². The first-order valence-electron chi connectivity index (χ1n) is 9.45. The summed E-state index contributed by atoms with van der Waals surface area (Å²) in [6, 6.07) is 10.2. The van der Waals surface area contributed by atoms with E-state index in [2.05, 4.69) is 60.8 Å². The number of aliphatic hydroxyl groups is 1. The Morgan fingerprint density at radius 3 is 2.48 bits per heavy atom. The van der Waals surface area contributed by atoms with Gasteiger partial charge in [0, 0.05) is 21.6 Å². The van der Waals surface area contributed by atoms with Crippen LogP contribution in [-0.4, -0.2) is 34.7 Å². The minimum Gasteiger partial charge on any atom is -0.475 e. The van der Waals surface area contributed by atoms with Gasteiger partial charge in [-0.2, -0.15) is 0 Å². The average molecular weight is 431 g/mol. The maximum absolute atomic E-state index is 10.1. The Morgan fingerprint density at radius 1 is 1.22 bits per heavy atom. The Kier molecular flexibility index (Phi) is 5.73. The second-order valence-corrected chi connectivity index (χ2v) is 8.62. The van der Waals surface area contributed by atoms with Crippen molar-refractivity contribution in [3.05, 3.63) is 52.1 Å². The third kappa shape index (κ3) is 3.81.